The molecule has 0 heterocycles. The van der Waals surface area contributed by atoms with Crippen LogP contribution in [0.4, 0.5) is 0 Å². The van der Waals surface area contributed by atoms with Gasteiger partial charge < -0.3 is 4.74 Å². The van der Waals surface area contributed by atoms with Gasteiger partial charge in [0.25, 0.3) is 0 Å². The van der Waals surface area contributed by atoms with Gasteiger partial charge in [-0.25, -0.2) is 4.79 Å². The molecule has 110 valence electrons. The van der Waals surface area contributed by atoms with Crippen LogP contribution < -0.4 is 0 Å². The van der Waals surface area contributed by atoms with Crippen molar-refractivity contribution >= 4 is 39.9 Å². The first kappa shape index (κ1) is 14.9. The van der Waals surface area contributed by atoms with Crippen LogP contribution in [0.3, 0.4) is 0 Å². The third-order valence-corrected chi connectivity index (χ3v) is 3.95. The Labute approximate surface area is 138 Å². The Kier molecular flexibility index (Phi) is 4.32. The summed E-state index contributed by atoms with van der Waals surface area (Å²) in [6.45, 7) is 0.113. The van der Waals surface area contributed by atoms with Gasteiger partial charge in [-0.2, -0.15) is 0 Å². The molecule has 0 aromatic heterocycles. The maximum absolute atomic E-state index is 12.1. The molecule has 0 bridgehead atoms. The van der Waals surface area contributed by atoms with Crippen molar-refractivity contribution in [2.45, 2.75) is 6.61 Å². The van der Waals surface area contributed by atoms with E-state index in [2.05, 4.69) is 0 Å². The Morgan fingerprint density at radius 3 is 2.45 bits per heavy atom. The van der Waals surface area contributed by atoms with Crippen molar-refractivity contribution in [3.63, 3.8) is 0 Å². The normalized spacial score (nSPS) is 10.6. The van der Waals surface area contributed by atoms with E-state index >= 15 is 0 Å². The predicted molar refractivity (Wildman–Crippen MR) is 89.5 cm³/mol. The molecule has 0 atom stereocenters. The van der Waals surface area contributed by atoms with Crippen molar-refractivity contribution in [3.05, 3.63) is 81.8 Å². The average molecular weight is 331 g/mol. The highest BCUT2D eigenvalue weighted by Gasteiger charge is 2.09. The van der Waals surface area contributed by atoms with Gasteiger partial charge in [0.15, 0.2) is 0 Å². The van der Waals surface area contributed by atoms with E-state index in [1.165, 1.54) is 0 Å². The lowest BCUT2D eigenvalue weighted by Crippen LogP contribution is -2.05. The first-order chi connectivity index (χ1) is 10.6. The Hall–Kier alpha value is -2.03. The van der Waals surface area contributed by atoms with Crippen molar-refractivity contribution in [2.24, 2.45) is 0 Å². The zero-order valence-electron chi connectivity index (χ0n) is 11.6. The third-order valence-electron chi connectivity index (χ3n) is 3.36. The van der Waals surface area contributed by atoms with E-state index in [-0.39, 0.29) is 12.6 Å². The topological polar surface area (TPSA) is 26.3 Å². The second-order valence-corrected chi connectivity index (χ2v) is 5.72. The Morgan fingerprint density at radius 1 is 0.909 bits per heavy atom. The predicted octanol–water partition coefficient (Wildman–Crippen LogP) is 5.50. The minimum Gasteiger partial charge on any atom is -0.457 e. The Bertz CT molecular complexity index is 843. The lowest BCUT2D eigenvalue weighted by Gasteiger charge is -2.07. The molecule has 0 N–H and O–H groups in total. The summed E-state index contributed by atoms with van der Waals surface area (Å²) >= 11 is 11.9. The van der Waals surface area contributed by atoms with Gasteiger partial charge in [0.1, 0.15) is 6.61 Å². The highest BCUT2D eigenvalue weighted by molar-refractivity contribution is 6.35. The number of carbonyl (C=O) groups is 1. The molecule has 0 amide bonds. The van der Waals surface area contributed by atoms with E-state index in [1.54, 1.807) is 24.3 Å². The highest BCUT2D eigenvalue weighted by atomic mass is 35.5. The molecular weight excluding hydrogens is 319 g/mol. The number of rotatable bonds is 3. The van der Waals surface area contributed by atoms with Crippen LogP contribution in [-0.2, 0) is 11.3 Å². The van der Waals surface area contributed by atoms with E-state index in [0.29, 0.717) is 15.6 Å². The van der Waals surface area contributed by atoms with Gasteiger partial charge in [-0.3, -0.25) is 0 Å². The molecule has 0 fully saturated rings. The van der Waals surface area contributed by atoms with Gasteiger partial charge in [0.05, 0.1) is 5.56 Å². The van der Waals surface area contributed by atoms with Crippen LogP contribution in [0.15, 0.2) is 60.7 Å². The molecule has 22 heavy (non-hydrogen) atoms. The lowest BCUT2D eigenvalue weighted by molar-refractivity contribution is 0.0473. The second-order valence-electron chi connectivity index (χ2n) is 4.87. The number of benzene rings is 3. The zero-order valence-corrected chi connectivity index (χ0v) is 13.1. The van der Waals surface area contributed by atoms with Crippen LogP contribution >= 0.6 is 23.2 Å². The van der Waals surface area contributed by atoms with Crippen LogP contribution in [0.5, 0.6) is 0 Å². The first-order valence-electron chi connectivity index (χ1n) is 6.73. The minimum atomic E-state index is -0.378. The van der Waals surface area contributed by atoms with Crippen LogP contribution in [-0.4, -0.2) is 5.97 Å². The molecule has 0 aliphatic rings. The first-order valence-corrected chi connectivity index (χ1v) is 7.49. The summed E-state index contributed by atoms with van der Waals surface area (Å²) in [7, 11) is 0. The van der Waals surface area contributed by atoms with E-state index in [9.17, 15) is 4.79 Å². The summed E-state index contributed by atoms with van der Waals surface area (Å²) in [6, 6.07) is 18.4. The second kappa shape index (κ2) is 6.39. The summed E-state index contributed by atoms with van der Waals surface area (Å²) in [4.78, 5) is 12.1. The van der Waals surface area contributed by atoms with Crippen molar-refractivity contribution in [3.8, 4) is 0 Å². The number of hydrogen-bond donors (Lipinski definition) is 0. The third kappa shape index (κ3) is 3.24. The highest BCUT2D eigenvalue weighted by Crippen LogP contribution is 2.22. The molecule has 0 unspecified atom stereocenters. The molecular formula is C18H12Cl2O2. The molecule has 0 aliphatic carbocycles. The fourth-order valence-corrected chi connectivity index (χ4v) is 2.64. The summed E-state index contributed by atoms with van der Waals surface area (Å²) in [5.41, 5.74) is 1.24. The summed E-state index contributed by atoms with van der Waals surface area (Å²) in [5, 5.41) is 3.12. The van der Waals surface area contributed by atoms with Crippen molar-refractivity contribution in [1.29, 1.82) is 0 Å². The van der Waals surface area contributed by atoms with Gasteiger partial charge in [0.2, 0.25) is 0 Å². The molecule has 2 nitrogen and oxygen atoms in total. The van der Waals surface area contributed by atoms with E-state index in [4.69, 9.17) is 27.9 Å². The smallest absolute Gasteiger partial charge is 0.338 e. The quantitative estimate of drug-likeness (QED) is 0.592. The SMILES string of the molecule is O=C(OCc1ccc(Cl)cc1Cl)c1ccc2ccccc2c1. The molecule has 3 aromatic rings. The number of hydrogen-bond acceptors (Lipinski definition) is 2. The summed E-state index contributed by atoms with van der Waals surface area (Å²) in [5.74, 6) is -0.378. The molecule has 0 saturated heterocycles. The van der Waals surface area contributed by atoms with E-state index in [1.807, 2.05) is 36.4 Å². The van der Waals surface area contributed by atoms with Crippen LogP contribution in [0, 0.1) is 0 Å². The monoisotopic (exact) mass is 330 g/mol. The van der Waals surface area contributed by atoms with Crippen LogP contribution in [0.2, 0.25) is 10.0 Å². The van der Waals surface area contributed by atoms with Gasteiger partial charge in [-0.05, 0) is 35.0 Å². The average Bonchev–Trinajstić information content (AvgIpc) is 2.53. The molecule has 0 aliphatic heterocycles. The minimum absolute atomic E-state index is 0.113. The molecule has 3 rings (SSSR count). The van der Waals surface area contributed by atoms with E-state index in [0.717, 1.165) is 16.3 Å². The number of halogens is 2. The van der Waals surface area contributed by atoms with Gasteiger partial charge in [0, 0.05) is 15.6 Å². The van der Waals surface area contributed by atoms with E-state index < -0.39 is 0 Å². The number of esters is 1. The van der Waals surface area contributed by atoms with Gasteiger partial charge in [-0.15, -0.1) is 0 Å². The molecule has 0 radical (unpaired) electrons. The number of carbonyl (C=O) groups excluding carboxylic acids is 1. The molecule has 4 heteroatoms. The fraction of sp³-hybridized carbons (Fsp3) is 0.0556. The number of fused-ring (bicyclic) bond motifs is 1. The Balaban J connectivity index is 1.75. The van der Waals surface area contributed by atoms with Crippen molar-refractivity contribution < 1.29 is 9.53 Å². The van der Waals surface area contributed by atoms with Crippen molar-refractivity contribution in [1.82, 2.24) is 0 Å². The van der Waals surface area contributed by atoms with Crippen LogP contribution in [0.25, 0.3) is 10.8 Å². The van der Waals surface area contributed by atoms with Gasteiger partial charge >= 0.3 is 5.97 Å². The summed E-state index contributed by atoms with van der Waals surface area (Å²) in [6.07, 6.45) is 0. The Morgan fingerprint density at radius 2 is 1.68 bits per heavy atom. The van der Waals surface area contributed by atoms with Crippen LogP contribution in [0.1, 0.15) is 15.9 Å². The molecule has 3 aromatic carbocycles. The lowest BCUT2D eigenvalue weighted by atomic mass is 10.1. The fourth-order valence-electron chi connectivity index (χ4n) is 2.18. The maximum Gasteiger partial charge on any atom is 0.338 e. The standard InChI is InChI=1S/C18H12Cl2O2/c19-16-8-7-15(17(20)10-16)11-22-18(21)14-6-5-12-3-1-2-4-13(12)9-14/h1-10H,11H2. The van der Waals surface area contributed by atoms with Gasteiger partial charge in [-0.1, -0.05) is 59.6 Å². The largest absolute Gasteiger partial charge is 0.457 e. The van der Waals surface area contributed by atoms with Crippen molar-refractivity contribution in [2.75, 3.05) is 0 Å². The maximum atomic E-state index is 12.1. The number of ether oxygens (including phenoxy) is 1. The zero-order chi connectivity index (χ0) is 15.5. The molecule has 0 spiro atoms. The summed E-state index contributed by atoms with van der Waals surface area (Å²) < 4.78 is 5.32. The molecule has 0 saturated carbocycles.